The molecule has 0 radical (unpaired) electrons. The Balaban J connectivity index is 2.62. The molecule has 3 nitrogen and oxygen atoms in total. The monoisotopic (exact) mass is 168 g/mol. The Kier molecular flexibility index (Phi) is 3.29. The maximum absolute atomic E-state index is 8.88. The second-order valence-corrected chi connectivity index (χ2v) is 3.03. The molecule has 1 rings (SSSR count). The second kappa shape index (κ2) is 4.26. The summed E-state index contributed by atoms with van der Waals surface area (Å²) in [5.74, 6) is 0. The van der Waals surface area contributed by atoms with Crippen molar-refractivity contribution in [1.29, 1.82) is 0 Å². The van der Waals surface area contributed by atoms with Crippen molar-refractivity contribution in [2.45, 2.75) is 39.8 Å². The molecule has 1 aromatic heterocycles. The number of nitrogens with zero attached hydrogens (tertiary/aromatic N) is 2. The van der Waals surface area contributed by atoms with Gasteiger partial charge in [-0.3, -0.25) is 4.68 Å². The lowest BCUT2D eigenvalue weighted by Gasteiger charge is -1.97. The van der Waals surface area contributed by atoms with Gasteiger partial charge in [-0.05, 0) is 18.9 Å². The topological polar surface area (TPSA) is 38.0 Å². The molecular weight excluding hydrogens is 152 g/mol. The van der Waals surface area contributed by atoms with Gasteiger partial charge in [0.05, 0.1) is 12.3 Å². The Hall–Kier alpha value is -0.830. The van der Waals surface area contributed by atoms with E-state index in [0.29, 0.717) is 0 Å². The zero-order valence-electron chi connectivity index (χ0n) is 7.75. The Morgan fingerprint density at radius 3 is 2.83 bits per heavy atom. The molecule has 0 saturated carbocycles. The molecule has 0 spiro atoms. The normalized spacial score (nSPS) is 10.6. The van der Waals surface area contributed by atoms with Crippen LogP contribution in [0.5, 0.6) is 0 Å². The maximum Gasteiger partial charge on any atom is 0.0907 e. The van der Waals surface area contributed by atoms with Gasteiger partial charge in [-0.1, -0.05) is 13.3 Å². The lowest BCUT2D eigenvalue weighted by Crippen LogP contribution is -1.98. The van der Waals surface area contributed by atoms with Crippen LogP contribution >= 0.6 is 0 Å². The van der Waals surface area contributed by atoms with Gasteiger partial charge >= 0.3 is 0 Å². The molecule has 0 bridgehead atoms. The van der Waals surface area contributed by atoms with Gasteiger partial charge in [0.25, 0.3) is 0 Å². The molecule has 0 fully saturated rings. The molecule has 1 aromatic rings. The Labute approximate surface area is 73.0 Å². The molecule has 0 atom stereocenters. The van der Waals surface area contributed by atoms with E-state index in [1.54, 1.807) is 0 Å². The van der Waals surface area contributed by atoms with E-state index in [-0.39, 0.29) is 6.61 Å². The Morgan fingerprint density at radius 1 is 1.58 bits per heavy atom. The van der Waals surface area contributed by atoms with E-state index < -0.39 is 0 Å². The van der Waals surface area contributed by atoms with Crippen LogP contribution in [-0.2, 0) is 13.2 Å². The summed E-state index contributed by atoms with van der Waals surface area (Å²) in [6, 6.07) is 0. The summed E-state index contributed by atoms with van der Waals surface area (Å²) in [4.78, 5) is 0. The van der Waals surface area contributed by atoms with Crippen molar-refractivity contribution in [2.24, 2.45) is 0 Å². The predicted octanol–water partition coefficient (Wildman–Crippen LogP) is 1.48. The molecule has 0 aliphatic carbocycles. The zero-order chi connectivity index (χ0) is 8.97. The lowest BCUT2D eigenvalue weighted by molar-refractivity contribution is 0.274. The molecule has 68 valence electrons. The van der Waals surface area contributed by atoms with Crippen LogP contribution in [0.15, 0.2) is 6.20 Å². The highest BCUT2D eigenvalue weighted by molar-refractivity contribution is 5.13. The van der Waals surface area contributed by atoms with Crippen molar-refractivity contribution in [3.63, 3.8) is 0 Å². The van der Waals surface area contributed by atoms with E-state index in [9.17, 15) is 0 Å². The number of aryl methyl sites for hydroxylation is 2. The van der Waals surface area contributed by atoms with Crippen LogP contribution in [0.4, 0.5) is 0 Å². The third kappa shape index (κ3) is 2.08. The summed E-state index contributed by atoms with van der Waals surface area (Å²) in [7, 11) is 0. The molecule has 0 aliphatic heterocycles. The first-order valence-corrected chi connectivity index (χ1v) is 4.41. The Bertz CT molecular complexity index is 243. The second-order valence-electron chi connectivity index (χ2n) is 3.03. The third-order valence-electron chi connectivity index (χ3n) is 1.94. The molecule has 0 unspecified atom stereocenters. The van der Waals surface area contributed by atoms with Crippen LogP contribution in [0.2, 0.25) is 0 Å². The molecule has 0 aromatic carbocycles. The molecule has 1 heterocycles. The zero-order valence-corrected chi connectivity index (χ0v) is 7.75. The molecule has 12 heavy (non-hydrogen) atoms. The van der Waals surface area contributed by atoms with Gasteiger partial charge in [-0.15, -0.1) is 0 Å². The van der Waals surface area contributed by atoms with Gasteiger partial charge in [0.2, 0.25) is 0 Å². The van der Waals surface area contributed by atoms with Crippen LogP contribution in [0.25, 0.3) is 0 Å². The van der Waals surface area contributed by atoms with Crippen molar-refractivity contribution in [3.8, 4) is 0 Å². The van der Waals surface area contributed by atoms with E-state index in [1.807, 2.05) is 17.8 Å². The van der Waals surface area contributed by atoms with Gasteiger partial charge in [0.1, 0.15) is 0 Å². The number of rotatable bonds is 4. The number of hydrogen-bond acceptors (Lipinski definition) is 2. The first kappa shape index (κ1) is 9.26. The number of aliphatic hydroxyl groups is 1. The first-order chi connectivity index (χ1) is 5.77. The summed E-state index contributed by atoms with van der Waals surface area (Å²) in [6.45, 7) is 5.13. The van der Waals surface area contributed by atoms with E-state index in [4.69, 9.17) is 5.11 Å². The molecular formula is C9H16N2O. The summed E-state index contributed by atoms with van der Waals surface area (Å²) >= 11 is 0. The van der Waals surface area contributed by atoms with Gasteiger partial charge < -0.3 is 5.11 Å². The van der Waals surface area contributed by atoms with E-state index in [1.165, 1.54) is 6.42 Å². The minimum absolute atomic E-state index is 0.0466. The van der Waals surface area contributed by atoms with Crippen molar-refractivity contribution >= 4 is 0 Å². The van der Waals surface area contributed by atoms with E-state index >= 15 is 0 Å². The van der Waals surface area contributed by atoms with Crippen LogP contribution in [0.3, 0.4) is 0 Å². The number of hydrogen-bond donors (Lipinski definition) is 1. The summed E-state index contributed by atoms with van der Waals surface area (Å²) in [5, 5.41) is 13.1. The minimum Gasteiger partial charge on any atom is -0.390 e. The third-order valence-corrected chi connectivity index (χ3v) is 1.94. The van der Waals surface area contributed by atoms with Crippen LogP contribution in [0, 0.1) is 6.92 Å². The Morgan fingerprint density at radius 2 is 2.33 bits per heavy atom. The van der Waals surface area contributed by atoms with Gasteiger partial charge in [-0.25, -0.2) is 0 Å². The van der Waals surface area contributed by atoms with Crippen LogP contribution in [-0.4, -0.2) is 14.9 Å². The fourth-order valence-electron chi connectivity index (χ4n) is 1.15. The summed E-state index contributed by atoms with van der Waals surface area (Å²) in [5.41, 5.74) is 1.87. The predicted molar refractivity (Wildman–Crippen MR) is 47.8 cm³/mol. The van der Waals surface area contributed by atoms with Crippen LogP contribution < -0.4 is 0 Å². The summed E-state index contributed by atoms with van der Waals surface area (Å²) < 4.78 is 1.91. The molecule has 1 N–H and O–H groups in total. The summed E-state index contributed by atoms with van der Waals surface area (Å²) in [6.07, 6.45) is 4.31. The highest BCUT2D eigenvalue weighted by Crippen LogP contribution is 2.05. The van der Waals surface area contributed by atoms with Crippen molar-refractivity contribution in [1.82, 2.24) is 9.78 Å². The van der Waals surface area contributed by atoms with Crippen molar-refractivity contribution in [2.75, 3.05) is 0 Å². The largest absolute Gasteiger partial charge is 0.390 e. The van der Waals surface area contributed by atoms with Gasteiger partial charge in [-0.2, -0.15) is 5.10 Å². The highest BCUT2D eigenvalue weighted by Gasteiger charge is 2.01. The molecule has 0 aliphatic rings. The SMILES string of the molecule is CCCCn1cc(C)c(CO)n1. The van der Waals surface area contributed by atoms with Crippen molar-refractivity contribution in [3.05, 3.63) is 17.5 Å². The van der Waals surface area contributed by atoms with Gasteiger partial charge in [0.15, 0.2) is 0 Å². The lowest BCUT2D eigenvalue weighted by atomic mass is 10.3. The molecule has 0 saturated heterocycles. The quantitative estimate of drug-likeness (QED) is 0.739. The standard InChI is InChI=1S/C9H16N2O/c1-3-4-5-11-6-8(2)9(7-12)10-11/h6,12H,3-5,7H2,1-2H3. The van der Waals surface area contributed by atoms with Crippen molar-refractivity contribution < 1.29 is 5.11 Å². The minimum atomic E-state index is 0.0466. The molecule has 0 amide bonds. The smallest absolute Gasteiger partial charge is 0.0907 e. The average Bonchev–Trinajstić information content (AvgIpc) is 2.43. The highest BCUT2D eigenvalue weighted by atomic mass is 16.3. The maximum atomic E-state index is 8.88. The number of aromatic nitrogens is 2. The number of aliphatic hydroxyl groups excluding tert-OH is 1. The first-order valence-electron chi connectivity index (χ1n) is 4.41. The van der Waals surface area contributed by atoms with Gasteiger partial charge in [0, 0.05) is 12.7 Å². The average molecular weight is 168 g/mol. The fourth-order valence-corrected chi connectivity index (χ4v) is 1.15. The fraction of sp³-hybridized carbons (Fsp3) is 0.667. The van der Waals surface area contributed by atoms with Crippen LogP contribution in [0.1, 0.15) is 31.0 Å². The molecule has 3 heteroatoms. The van der Waals surface area contributed by atoms with E-state index in [2.05, 4.69) is 12.0 Å². The van der Waals surface area contributed by atoms with E-state index in [0.717, 1.165) is 24.2 Å². The number of unbranched alkanes of at least 4 members (excludes halogenated alkanes) is 1.